The number of amides is 1. The van der Waals surface area contributed by atoms with Crippen LogP contribution in [0.1, 0.15) is 22.4 Å². The van der Waals surface area contributed by atoms with E-state index in [-0.39, 0.29) is 5.91 Å². The maximum Gasteiger partial charge on any atom is 0.257 e. The Morgan fingerprint density at radius 2 is 1.97 bits per heavy atom. The molecule has 0 unspecified atom stereocenters. The smallest absolute Gasteiger partial charge is 0.257 e. The molecule has 29 heavy (non-hydrogen) atoms. The molecule has 1 aliphatic heterocycles. The van der Waals surface area contributed by atoms with Gasteiger partial charge >= 0.3 is 0 Å². The van der Waals surface area contributed by atoms with Gasteiger partial charge in [0, 0.05) is 34.0 Å². The Morgan fingerprint density at radius 3 is 2.83 bits per heavy atom. The molecule has 5 rings (SSSR count). The molecule has 6 nitrogen and oxygen atoms in total. The number of hydrogen-bond acceptors (Lipinski definition) is 4. The van der Waals surface area contributed by atoms with Gasteiger partial charge in [0.1, 0.15) is 5.82 Å². The first-order chi connectivity index (χ1) is 14.2. The second-order valence-electron chi connectivity index (χ2n) is 6.60. The topological polar surface area (TPSA) is 83.6 Å². The molecule has 3 aromatic heterocycles. The van der Waals surface area contributed by atoms with E-state index in [1.54, 1.807) is 18.6 Å². The van der Waals surface area contributed by atoms with Crippen molar-refractivity contribution in [1.29, 1.82) is 0 Å². The summed E-state index contributed by atoms with van der Waals surface area (Å²) < 4.78 is 0.827. The van der Waals surface area contributed by atoms with Gasteiger partial charge in [-0.3, -0.25) is 14.9 Å². The average molecular weight is 444 g/mol. The molecule has 1 aliphatic rings. The van der Waals surface area contributed by atoms with Crippen LogP contribution in [0.4, 0.5) is 5.82 Å². The van der Waals surface area contributed by atoms with Gasteiger partial charge in [0.2, 0.25) is 0 Å². The number of nitrogens with zero attached hydrogens (tertiary/aromatic N) is 3. The summed E-state index contributed by atoms with van der Waals surface area (Å²) in [6, 6.07) is 11.7. The number of nitrogens with one attached hydrogen (secondary N) is 2. The number of hydrogen-bond donors (Lipinski definition) is 2. The van der Waals surface area contributed by atoms with Crippen molar-refractivity contribution in [1.82, 2.24) is 20.2 Å². The van der Waals surface area contributed by atoms with Crippen molar-refractivity contribution < 1.29 is 4.79 Å². The predicted octanol–water partition coefficient (Wildman–Crippen LogP) is 4.78. The van der Waals surface area contributed by atoms with Crippen LogP contribution in [0.25, 0.3) is 34.7 Å². The van der Waals surface area contributed by atoms with E-state index in [4.69, 9.17) is 0 Å². The number of fused-ring (bicyclic) bond motifs is 2. The molecule has 0 bridgehead atoms. The third-order valence-electron chi connectivity index (χ3n) is 4.67. The Labute approximate surface area is 174 Å². The van der Waals surface area contributed by atoms with Crippen LogP contribution in [0.5, 0.6) is 0 Å². The van der Waals surface area contributed by atoms with Crippen LogP contribution in [0.2, 0.25) is 0 Å². The van der Waals surface area contributed by atoms with Crippen LogP contribution in [0.15, 0.2) is 59.5 Å². The highest BCUT2D eigenvalue weighted by molar-refractivity contribution is 9.10. The summed E-state index contributed by atoms with van der Waals surface area (Å²) in [5.41, 5.74) is 5.03. The zero-order chi connectivity index (χ0) is 19.8. The van der Waals surface area contributed by atoms with Gasteiger partial charge in [-0.15, -0.1) is 0 Å². The second-order valence-corrected chi connectivity index (χ2v) is 7.51. The minimum atomic E-state index is -0.157. The van der Waals surface area contributed by atoms with E-state index in [0.717, 1.165) is 37.8 Å². The van der Waals surface area contributed by atoms with Crippen molar-refractivity contribution >= 4 is 62.4 Å². The van der Waals surface area contributed by atoms with Crippen molar-refractivity contribution in [2.45, 2.75) is 0 Å². The van der Waals surface area contributed by atoms with E-state index < -0.39 is 0 Å². The Bertz CT molecular complexity index is 1310. The zero-order valence-corrected chi connectivity index (χ0v) is 16.6. The molecule has 0 atom stereocenters. The summed E-state index contributed by atoms with van der Waals surface area (Å²) in [6.45, 7) is 0. The highest BCUT2D eigenvalue weighted by atomic mass is 79.9. The summed E-state index contributed by atoms with van der Waals surface area (Å²) in [5, 5.41) is 11.3. The van der Waals surface area contributed by atoms with Gasteiger partial charge in [0.05, 0.1) is 16.8 Å². The minimum absolute atomic E-state index is 0.157. The molecule has 2 N–H and O–H groups in total. The standard InChI is InChI=1S/C22H14BrN5O/c23-15-10-17-18(22(29)26-21(17)25-12-15)8-14-3-5-16-19(27-28-20(16)9-14)6-4-13-2-1-7-24-11-13/h1-12H,(H,27,28)(H,25,26,29). The third kappa shape index (κ3) is 3.36. The molecule has 0 fully saturated rings. The van der Waals surface area contributed by atoms with Crippen LogP contribution in [-0.2, 0) is 4.79 Å². The largest absolute Gasteiger partial charge is 0.306 e. The number of rotatable bonds is 3. The fraction of sp³-hybridized carbons (Fsp3) is 0. The van der Waals surface area contributed by atoms with Crippen LogP contribution < -0.4 is 5.32 Å². The van der Waals surface area contributed by atoms with Gasteiger partial charge in [0.25, 0.3) is 5.91 Å². The zero-order valence-electron chi connectivity index (χ0n) is 15.1. The summed E-state index contributed by atoms with van der Waals surface area (Å²) in [7, 11) is 0. The molecule has 0 saturated heterocycles. The fourth-order valence-electron chi connectivity index (χ4n) is 3.28. The SMILES string of the molecule is O=C1Nc2ncc(Br)cc2C1=Cc1ccc2c(C=Cc3cccnc3)n[nH]c2c1. The molecule has 0 radical (unpaired) electrons. The number of aromatic amines is 1. The molecule has 1 amide bonds. The van der Waals surface area contributed by atoms with E-state index in [2.05, 4.69) is 41.4 Å². The third-order valence-corrected chi connectivity index (χ3v) is 5.10. The van der Waals surface area contributed by atoms with E-state index in [0.29, 0.717) is 11.4 Å². The number of carbonyl (C=O) groups is 1. The molecule has 0 spiro atoms. The molecule has 7 heteroatoms. The van der Waals surface area contributed by atoms with E-state index in [1.165, 1.54) is 0 Å². The number of halogens is 1. The number of anilines is 1. The van der Waals surface area contributed by atoms with Crippen LogP contribution >= 0.6 is 15.9 Å². The molecule has 1 aromatic carbocycles. The normalized spacial score (nSPS) is 14.7. The first-order valence-electron chi connectivity index (χ1n) is 8.92. The van der Waals surface area contributed by atoms with Gasteiger partial charge in [-0.1, -0.05) is 18.2 Å². The Hall–Kier alpha value is -3.58. The molecule has 4 aromatic rings. The van der Waals surface area contributed by atoms with Gasteiger partial charge < -0.3 is 5.32 Å². The average Bonchev–Trinajstić information content (AvgIpc) is 3.28. The molecule has 140 valence electrons. The summed E-state index contributed by atoms with van der Waals surface area (Å²) in [6.07, 6.45) is 11.0. The summed E-state index contributed by atoms with van der Waals surface area (Å²) >= 11 is 3.41. The van der Waals surface area contributed by atoms with Gasteiger partial charge in [0.15, 0.2) is 0 Å². The summed E-state index contributed by atoms with van der Waals surface area (Å²) in [4.78, 5) is 20.7. The van der Waals surface area contributed by atoms with Gasteiger partial charge in [-0.2, -0.15) is 5.10 Å². The monoisotopic (exact) mass is 443 g/mol. The molecular formula is C22H14BrN5O. The van der Waals surface area contributed by atoms with Crippen molar-refractivity contribution in [2.75, 3.05) is 5.32 Å². The van der Waals surface area contributed by atoms with Crippen molar-refractivity contribution in [3.8, 4) is 0 Å². The predicted molar refractivity (Wildman–Crippen MR) is 118 cm³/mol. The highest BCUT2D eigenvalue weighted by Gasteiger charge is 2.25. The lowest BCUT2D eigenvalue weighted by atomic mass is 10.0. The maximum atomic E-state index is 12.4. The minimum Gasteiger partial charge on any atom is -0.306 e. The molecule has 0 saturated carbocycles. The number of H-pyrrole nitrogens is 1. The quantitative estimate of drug-likeness (QED) is 0.446. The molecule has 0 aliphatic carbocycles. The Morgan fingerprint density at radius 1 is 1.03 bits per heavy atom. The lowest BCUT2D eigenvalue weighted by Gasteiger charge is -2.00. The summed E-state index contributed by atoms with van der Waals surface area (Å²) in [5.74, 6) is 0.422. The maximum absolute atomic E-state index is 12.4. The number of carbonyl (C=O) groups excluding carboxylic acids is 1. The first kappa shape index (κ1) is 17.5. The molecular weight excluding hydrogens is 430 g/mol. The lowest BCUT2D eigenvalue weighted by molar-refractivity contribution is -0.110. The lowest BCUT2D eigenvalue weighted by Crippen LogP contribution is -2.04. The van der Waals surface area contributed by atoms with Crippen LogP contribution in [0, 0.1) is 0 Å². The highest BCUT2D eigenvalue weighted by Crippen LogP contribution is 2.33. The number of aromatic nitrogens is 4. The van der Waals surface area contributed by atoms with Gasteiger partial charge in [-0.25, -0.2) is 4.98 Å². The van der Waals surface area contributed by atoms with Crippen molar-refractivity contribution in [3.05, 3.63) is 81.8 Å². The van der Waals surface area contributed by atoms with Crippen molar-refractivity contribution in [3.63, 3.8) is 0 Å². The van der Waals surface area contributed by atoms with Crippen LogP contribution in [-0.4, -0.2) is 26.1 Å². The van der Waals surface area contributed by atoms with Crippen LogP contribution in [0.3, 0.4) is 0 Å². The van der Waals surface area contributed by atoms with Crippen molar-refractivity contribution in [2.24, 2.45) is 0 Å². The fourth-order valence-corrected chi connectivity index (χ4v) is 3.61. The Balaban J connectivity index is 1.49. The van der Waals surface area contributed by atoms with Gasteiger partial charge in [-0.05, 0) is 63.5 Å². The van der Waals surface area contributed by atoms with E-state index in [1.807, 2.05) is 54.6 Å². The number of pyridine rings is 2. The van der Waals surface area contributed by atoms with E-state index >= 15 is 0 Å². The first-order valence-corrected chi connectivity index (χ1v) is 9.72. The Kier molecular flexibility index (Phi) is 4.29. The second kappa shape index (κ2) is 7.10. The van der Waals surface area contributed by atoms with E-state index in [9.17, 15) is 4.79 Å². The molecule has 4 heterocycles. The number of benzene rings is 1.